The van der Waals surface area contributed by atoms with Crippen molar-refractivity contribution < 1.29 is 4.79 Å². The molecule has 4 heteroatoms. The summed E-state index contributed by atoms with van der Waals surface area (Å²) in [6.07, 6.45) is 0. The second-order valence-corrected chi connectivity index (χ2v) is 3.49. The highest BCUT2D eigenvalue weighted by Crippen LogP contribution is 1.97. The molecule has 0 aromatic carbocycles. The van der Waals surface area contributed by atoms with Crippen LogP contribution < -0.4 is 5.32 Å². The standard InChI is InChI=1S/C9H21N3O/c1-8(9(13)11(3)4)12(5)7-6-10-2/h8,10H,6-7H2,1-5H3. The monoisotopic (exact) mass is 187 g/mol. The summed E-state index contributed by atoms with van der Waals surface area (Å²) in [6, 6.07) is -0.0386. The Morgan fingerprint density at radius 1 is 1.38 bits per heavy atom. The molecule has 1 amide bonds. The molecule has 0 aliphatic heterocycles. The quantitative estimate of drug-likeness (QED) is 0.637. The maximum absolute atomic E-state index is 11.5. The molecule has 0 aliphatic carbocycles. The Kier molecular flexibility index (Phi) is 5.66. The first kappa shape index (κ1) is 12.4. The third-order valence-corrected chi connectivity index (χ3v) is 2.17. The summed E-state index contributed by atoms with van der Waals surface area (Å²) in [5.74, 6) is 0.151. The van der Waals surface area contributed by atoms with Gasteiger partial charge in [0.2, 0.25) is 5.91 Å². The van der Waals surface area contributed by atoms with E-state index in [0.717, 1.165) is 13.1 Å². The number of hydrogen-bond donors (Lipinski definition) is 1. The Morgan fingerprint density at radius 2 is 1.92 bits per heavy atom. The summed E-state index contributed by atoms with van der Waals surface area (Å²) in [5, 5.41) is 3.06. The van der Waals surface area contributed by atoms with Crippen LogP contribution in [0.15, 0.2) is 0 Å². The predicted molar refractivity (Wildman–Crippen MR) is 54.7 cm³/mol. The smallest absolute Gasteiger partial charge is 0.239 e. The van der Waals surface area contributed by atoms with E-state index in [1.807, 2.05) is 25.9 Å². The number of carbonyl (C=O) groups excluding carboxylic acids is 1. The van der Waals surface area contributed by atoms with Gasteiger partial charge in [0.25, 0.3) is 0 Å². The molecule has 13 heavy (non-hydrogen) atoms. The van der Waals surface area contributed by atoms with Crippen molar-refractivity contribution in [3.63, 3.8) is 0 Å². The minimum Gasteiger partial charge on any atom is -0.347 e. The lowest BCUT2D eigenvalue weighted by Gasteiger charge is -2.26. The maximum atomic E-state index is 11.5. The Labute approximate surface area is 80.9 Å². The Morgan fingerprint density at radius 3 is 2.31 bits per heavy atom. The van der Waals surface area contributed by atoms with Gasteiger partial charge in [-0.25, -0.2) is 0 Å². The first-order valence-electron chi connectivity index (χ1n) is 4.56. The van der Waals surface area contributed by atoms with E-state index in [4.69, 9.17) is 0 Å². The van der Waals surface area contributed by atoms with Crippen LogP contribution in [0, 0.1) is 0 Å². The summed E-state index contributed by atoms with van der Waals surface area (Å²) in [4.78, 5) is 15.2. The average Bonchev–Trinajstić information content (AvgIpc) is 2.11. The van der Waals surface area contributed by atoms with Crippen LogP contribution in [0.25, 0.3) is 0 Å². The van der Waals surface area contributed by atoms with Crippen LogP contribution >= 0.6 is 0 Å². The van der Waals surface area contributed by atoms with Gasteiger partial charge in [-0.15, -0.1) is 0 Å². The number of amides is 1. The van der Waals surface area contributed by atoms with Crippen molar-refractivity contribution >= 4 is 5.91 Å². The van der Waals surface area contributed by atoms with E-state index in [0.29, 0.717) is 0 Å². The van der Waals surface area contributed by atoms with E-state index in [1.54, 1.807) is 19.0 Å². The largest absolute Gasteiger partial charge is 0.347 e. The highest BCUT2D eigenvalue weighted by molar-refractivity contribution is 5.80. The molecule has 0 aromatic rings. The maximum Gasteiger partial charge on any atom is 0.239 e. The van der Waals surface area contributed by atoms with Gasteiger partial charge in [0.15, 0.2) is 0 Å². The molecule has 0 aliphatic rings. The molecule has 0 bridgehead atoms. The minimum absolute atomic E-state index is 0.0386. The summed E-state index contributed by atoms with van der Waals surface area (Å²) in [5.41, 5.74) is 0. The Bertz CT molecular complexity index is 159. The minimum atomic E-state index is -0.0386. The van der Waals surface area contributed by atoms with Crippen LogP contribution in [0.2, 0.25) is 0 Å². The summed E-state index contributed by atoms with van der Waals surface area (Å²) in [6.45, 7) is 3.72. The van der Waals surface area contributed by atoms with E-state index >= 15 is 0 Å². The van der Waals surface area contributed by atoms with Gasteiger partial charge < -0.3 is 10.2 Å². The van der Waals surface area contributed by atoms with Crippen molar-refractivity contribution in [3.8, 4) is 0 Å². The first-order valence-corrected chi connectivity index (χ1v) is 4.56. The molecular formula is C9H21N3O. The summed E-state index contributed by atoms with van der Waals surface area (Å²) >= 11 is 0. The zero-order valence-electron chi connectivity index (χ0n) is 9.29. The Balaban J connectivity index is 3.94. The van der Waals surface area contributed by atoms with Gasteiger partial charge in [0, 0.05) is 27.2 Å². The molecule has 0 radical (unpaired) electrons. The highest BCUT2D eigenvalue weighted by Gasteiger charge is 2.18. The molecule has 0 fully saturated rings. The van der Waals surface area contributed by atoms with Crippen LogP contribution in [0.5, 0.6) is 0 Å². The normalized spacial score (nSPS) is 13.1. The van der Waals surface area contributed by atoms with E-state index in [-0.39, 0.29) is 11.9 Å². The second kappa shape index (κ2) is 5.94. The molecule has 1 atom stereocenters. The number of hydrogen-bond acceptors (Lipinski definition) is 3. The van der Waals surface area contributed by atoms with Gasteiger partial charge >= 0.3 is 0 Å². The Hall–Kier alpha value is -0.610. The van der Waals surface area contributed by atoms with Crippen molar-refractivity contribution in [2.75, 3.05) is 41.3 Å². The zero-order valence-corrected chi connectivity index (χ0v) is 9.29. The molecule has 0 spiro atoms. The molecule has 0 saturated carbocycles. The fourth-order valence-electron chi connectivity index (χ4n) is 1.04. The van der Waals surface area contributed by atoms with Gasteiger partial charge in [0.1, 0.15) is 0 Å². The topological polar surface area (TPSA) is 35.6 Å². The second-order valence-electron chi connectivity index (χ2n) is 3.49. The van der Waals surface area contributed by atoms with Crippen molar-refractivity contribution in [3.05, 3.63) is 0 Å². The van der Waals surface area contributed by atoms with E-state index < -0.39 is 0 Å². The number of nitrogens with one attached hydrogen (secondary N) is 1. The molecule has 78 valence electrons. The number of nitrogens with zero attached hydrogens (tertiary/aromatic N) is 2. The molecule has 0 heterocycles. The average molecular weight is 187 g/mol. The number of carbonyl (C=O) groups is 1. The highest BCUT2D eigenvalue weighted by atomic mass is 16.2. The summed E-state index contributed by atoms with van der Waals surface area (Å²) in [7, 11) is 7.44. The van der Waals surface area contributed by atoms with Crippen LogP contribution in [-0.4, -0.2) is 63.0 Å². The first-order chi connectivity index (χ1) is 6.00. The van der Waals surface area contributed by atoms with Crippen LogP contribution in [0.4, 0.5) is 0 Å². The van der Waals surface area contributed by atoms with Gasteiger partial charge in [-0.2, -0.15) is 0 Å². The fourth-order valence-corrected chi connectivity index (χ4v) is 1.04. The van der Waals surface area contributed by atoms with Gasteiger partial charge in [-0.3, -0.25) is 9.69 Å². The molecule has 0 saturated heterocycles. The van der Waals surface area contributed by atoms with E-state index in [1.165, 1.54) is 0 Å². The van der Waals surface area contributed by atoms with Crippen LogP contribution in [0.1, 0.15) is 6.92 Å². The number of rotatable bonds is 5. The molecular weight excluding hydrogens is 166 g/mol. The molecule has 0 rings (SSSR count). The van der Waals surface area contributed by atoms with Crippen molar-refractivity contribution in [2.45, 2.75) is 13.0 Å². The lowest BCUT2D eigenvalue weighted by molar-refractivity contribution is -0.133. The van der Waals surface area contributed by atoms with E-state index in [2.05, 4.69) is 5.32 Å². The number of likely N-dealkylation sites (N-methyl/N-ethyl adjacent to an activating group) is 3. The van der Waals surface area contributed by atoms with Crippen LogP contribution in [-0.2, 0) is 4.79 Å². The third kappa shape index (κ3) is 4.24. The van der Waals surface area contributed by atoms with Gasteiger partial charge in [-0.05, 0) is 21.0 Å². The van der Waals surface area contributed by atoms with Crippen molar-refractivity contribution in [1.29, 1.82) is 0 Å². The lowest BCUT2D eigenvalue weighted by atomic mass is 10.2. The SMILES string of the molecule is CNCCN(C)C(C)C(=O)N(C)C. The molecule has 1 unspecified atom stereocenters. The predicted octanol–water partition coefficient (Wildman–Crippen LogP) is -0.386. The molecule has 1 N–H and O–H groups in total. The lowest BCUT2D eigenvalue weighted by Crippen LogP contribution is -2.44. The zero-order chi connectivity index (χ0) is 10.4. The van der Waals surface area contributed by atoms with Gasteiger partial charge in [0.05, 0.1) is 6.04 Å². The van der Waals surface area contributed by atoms with Crippen molar-refractivity contribution in [1.82, 2.24) is 15.1 Å². The summed E-state index contributed by atoms with van der Waals surface area (Å²) < 4.78 is 0. The van der Waals surface area contributed by atoms with Gasteiger partial charge in [-0.1, -0.05) is 0 Å². The fraction of sp³-hybridized carbons (Fsp3) is 0.889. The molecule has 0 aromatic heterocycles. The van der Waals surface area contributed by atoms with E-state index in [9.17, 15) is 4.79 Å². The van der Waals surface area contributed by atoms with Crippen LogP contribution in [0.3, 0.4) is 0 Å². The molecule has 4 nitrogen and oxygen atoms in total. The van der Waals surface area contributed by atoms with Crippen molar-refractivity contribution in [2.24, 2.45) is 0 Å². The third-order valence-electron chi connectivity index (χ3n) is 2.17.